The quantitative estimate of drug-likeness (QED) is 0.0333. The average Bonchev–Trinajstić information content (AvgIpc) is 3.32. The number of rotatable bonds is 25. The van der Waals surface area contributed by atoms with Gasteiger partial charge in [-0.1, -0.05) is 146 Å². The summed E-state index contributed by atoms with van der Waals surface area (Å²) in [6.07, 6.45) is 19.5. The van der Waals surface area contributed by atoms with Crippen LogP contribution in [0.25, 0.3) is 11.1 Å². The van der Waals surface area contributed by atoms with E-state index in [0.29, 0.717) is 12.5 Å². The number of benzene rings is 3. The van der Waals surface area contributed by atoms with Crippen molar-refractivity contribution < 1.29 is 9.59 Å². The number of carbonyl (C=O) groups excluding carboxylic acids is 2. The van der Waals surface area contributed by atoms with Crippen LogP contribution in [0.15, 0.2) is 107 Å². The van der Waals surface area contributed by atoms with Crippen LogP contribution in [0.4, 0.5) is 11.4 Å². The molecular formula is C58H89N5O2S2. The fraction of sp³-hybridized carbons (Fsp3) is 0.517. The zero-order chi connectivity index (χ0) is 49.7. The van der Waals surface area contributed by atoms with Gasteiger partial charge in [0, 0.05) is 35.8 Å². The second-order valence-electron chi connectivity index (χ2n) is 17.7. The molecule has 0 aliphatic carbocycles. The van der Waals surface area contributed by atoms with E-state index in [9.17, 15) is 4.79 Å². The van der Waals surface area contributed by atoms with Crippen molar-refractivity contribution in [2.24, 2.45) is 0 Å². The molecule has 0 spiro atoms. The van der Waals surface area contributed by atoms with Gasteiger partial charge in [-0.3, -0.25) is 0 Å². The maximum Gasteiger partial charge on any atom is 0.122 e. The summed E-state index contributed by atoms with van der Waals surface area (Å²) < 4.78 is 0. The molecule has 0 bridgehead atoms. The highest BCUT2D eigenvalue weighted by Crippen LogP contribution is 2.41. The number of aryl methyl sites for hydroxylation is 1. The number of thioether (sulfide) groups is 2. The summed E-state index contributed by atoms with van der Waals surface area (Å²) in [6, 6.07) is 21.1. The molecule has 2 aliphatic rings. The Morgan fingerprint density at radius 2 is 1.51 bits per heavy atom. The summed E-state index contributed by atoms with van der Waals surface area (Å²) in [5.41, 5.74) is 11.6. The zero-order valence-electron chi connectivity index (χ0n) is 43.5. The average molecular weight is 953 g/mol. The largest absolute Gasteiger partial charge is 0.355 e. The Labute approximate surface area is 417 Å². The van der Waals surface area contributed by atoms with E-state index in [1.807, 2.05) is 51.2 Å². The van der Waals surface area contributed by atoms with Crippen LogP contribution in [0.5, 0.6) is 0 Å². The molecule has 67 heavy (non-hydrogen) atoms. The van der Waals surface area contributed by atoms with E-state index >= 15 is 0 Å². The van der Waals surface area contributed by atoms with Gasteiger partial charge in [0.2, 0.25) is 0 Å². The van der Waals surface area contributed by atoms with Crippen LogP contribution in [0.3, 0.4) is 0 Å². The number of unbranched alkanes of at least 4 members (excludes halogenated alkanes) is 7. The Morgan fingerprint density at radius 3 is 2.19 bits per heavy atom. The number of aldehydes is 1. The first-order valence-electron chi connectivity index (χ1n) is 25.2. The minimum absolute atomic E-state index is 0.144. The van der Waals surface area contributed by atoms with E-state index in [2.05, 4.69) is 155 Å². The molecule has 5 rings (SSSR count). The molecule has 2 heterocycles. The summed E-state index contributed by atoms with van der Waals surface area (Å²) in [4.78, 5) is 26.9. The van der Waals surface area contributed by atoms with Gasteiger partial charge in [0.05, 0.1) is 23.7 Å². The predicted octanol–water partition coefficient (Wildman–Crippen LogP) is 16.1. The Hall–Kier alpha value is -4.18. The molecule has 0 saturated heterocycles. The molecule has 3 unspecified atom stereocenters. The van der Waals surface area contributed by atoms with E-state index in [0.717, 1.165) is 61.6 Å². The molecule has 3 N–H and O–H groups in total. The van der Waals surface area contributed by atoms with Gasteiger partial charge in [-0.25, -0.2) is 0 Å². The van der Waals surface area contributed by atoms with E-state index in [1.165, 1.54) is 118 Å². The standard InChI is InChI=1S/C43H65N3OS2.C12H16N2.C2H6.CH2O/c1-8-10-11-13-17-29-49-40-21-23-42(38(31-40)24-26-44-7)37-20-22-41-35(5)46(36(6)45-43(41)32-37)39(25-27-47)19-15-12-14-16-28-48-34(4)30-33(3)18-9-2;1-8-5-6-12-11(7-8)9(2)14(4)10(3)13-12;2*1-2/h20-23,27,30-32,35,39,44-45H,4,6,8-19,24-26,28-29H2,1-3,5,7H3;5-7,9,13H,3H2,1-2,4H3;1-2H3;1H2/b33-30+;;;. The molecular weight excluding hydrogens is 863 g/mol. The first kappa shape index (κ1) is 58.9. The number of nitrogens with one attached hydrogen (secondary N) is 3. The summed E-state index contributed by atoms with van der Waals surface area (Å²) >= 11 is 3.87. The van der Waals surface area contributed by atoms with Crippen LogP contribution in [0.2, 0.25) is 0 Å². The smallest absolute Gasteiger partial charge is 0.122 e. The molecule has 3 aromatic carbocycles. The second-order valence-corrected chi connectivity index (χ2v) is 20.0. The Kier molecular flexibility index (Phi) is 29.3. The van der Waals surface area contributed by atoms with Crippen LogP contribution in [0.1, 0.15) is 166 Å². The molecule has 0 radical (unpaired) electrons. The van der Waals surface area contributed by atoms with E-state index in [4.69, 9.17) is 4.79 Å². The zero-order valence-corrected chi connectivity index (χ0v) is 45.1. The highest BCUT2D eigenvalue weighted by molar-refractivity contribution is 8.03. The Morgan fingerprint density at radius 1 is 0.821 bits per heavy atom. The van der Waals surface area contributed by atoms with E-state index in [-0.39, 0.29) is 12.1 Å². The maximum atomic E-state index is 11.8. The van der Waals surface area contributed by atoms with Gasteiger partial charge < -0.3 is 35.3 Å². The highest BCUT2D eigenvalue weighted by atomic mass is 32.2. The highest BCUT2D eigenvalue weighted by Gasteiger charge is 2.31. The lowest BCUT2D eigenvalue weighted by Crippen LogP contribution is -2.42. The van der Waals surface area contributed by atoms with Gasteiger partial charge in [0.1, 0.15) is 13.1 Å². The molecule has 0 fully saturated rings. The fourth-order valence-corrected chi connectivity index (χ4v) is 10.6. The van der Waals surface area contributed by atoms with Crippen molar-refractivity contribution in [1.29, 1.82) is 0 Å². The minimum atomic E-state index is 0.144. The third-order valence-corrected chi connectivity index (χ3v) is 14.6. The number of likely N-dealkylation sites (N-methyl/N-ethyl adjacent to an activating group) is 1. The predicted molar refractivity (Wildman–Crippen MR) is 298 cm³/mol. The Bertz CT molecular complexity index is 2000. The fourth-order valence-electron chi connectivity index (χ4n) is 8.77. The van der Waals surface area contributed by atoms with Crippen molar-refractivity contribution in [1.82, 2.24) is 15.1 Å². The van der Waals surface area contributed by atoms with Crippen LogP contribution in [-0.2, 0) is 16.0 Å². The molecule has 2 aliphatic heterocycles. The van der Waals surface area contributed by atoms with Crippen molar-refractivity contribution in [3.63, 3.8) is 0 Å². The maximum absolute atomic E-state index is 11.8. The molecule has 3 aromatic rings. The van der Waals surface area contributed by atoms with Gasteiger partial charge in [-0.15, -0.1) is 23.5 Å². The minimum Gasteiger partial charge on any atom is -0.355 e. The van der Waals surface area contributed by atoms with Crippen LogP contribution in [0, 0.1) is 6.92 Å². The number of fused-ring (bicyclic) bond motifs is 2. The Balaban J connectivity index is 0.000000713. The van der Waals surface area contributed by atoms with Gasteiger partial charge in [0.25, 0.3) is 0 Å². The third-order valence-electron chi connectivity index (χ3n) is 12.5. The number of hydrogen-bond acceptors (Lipinski definition) is 9. The van der Waals surface area contributed by atoms with E-state index < -0.39 is 0 Å². The molecule has 3 atom stereocenters. The molecule has 0 aromatic heterocycles. The lowest BCUT2D eigenvalue weighted by atomic mass is 9.92. The summed E-state index contributed by atoms with van der Waals surface area (Å²) in [6.45, 7) is 32.9. The molecule has 9 heteroatoms. The van der Waals surface area contributed by atoms with Crippen LogP contribution < -0.4 is 16.0 Å². The van der Waals surface area contributed by atoms with Crippen LogP contribution in [-0.4, -0.2) is 61.1 Å². The van der Waals surface area contributed by atoms with Crippen molar-refractivity contribution in [2.45, 2.75) is 168 Å². The third kappa shape index (κ3) is 19.4. The molecule has 7 nitrogen and oxygen atoms in total. The van der Waals surface area contributed by atoms with Gasteiger partial charge in [0.15, 0.2) is 0 Å². The number of anilines is 2. The second kappa shape index (κ2) is 33.3. The van der Waals surface area contributed by atoms with Crippen molar-refractivity contribution in [2.75, 3.05) is 42.8 Å². The SMILES string of the molecule is C=C(/C=C(\C)CCC)SCCCCCCC(CC=O)N1C(=C)Nc2cc(-c3ccc(SCCCCCCC)cc3CCNC)ccc2C1C.C=C1Nc2ccc(C)cc2C(C)N1C.C=O.CC. The van der Waals surface area contributed by atoms with Crippen LogP contribution >= 0.6 is 23.5 Å². The monoisotopic (exact) mass is 952 g/mol. The first-order valence-corrected chi connectivity index (χ1v) is 27.2. The molecule has 0 amide bonds. The topological polar surface area (TPSA) is 76.7 Å². The summed E-state index contributed by atoms with van der Waals surface area (Å²) in [7, 11) is 4.09. The molecule has 0 saturated carbocycles. The van der Waals surface area contributed by atoms with E-state index in [1.54, 1.807) is 0 Å². The van der Waals surface area contributed by atoms with Gasteiger partial charge in [-0.2, -0.15) is 0 Å². The normalized spacial score (nSPS) is 15.5. The summed E-state index contributed by atoms with van der Waals surface area (Å²) in [5.74, 6) is 4.17. The lowest BCUT2D eigenvalue weighted by molar-refractivity contribution is -0.109. The number of allylic oxidation sites excluding steroid dienone is 2. The molecule has 370 valence electrons. The summed E-state index contributed by atoms with van der Waals surface area (Å²) in [5, 5.41) is 10.3. The number of nitrogens with zero attached hydrogens (tertiary/aromatic N) is 2. The van der Waals surface area contributed by atoms with Crippen molar-refractivity contribution in [3.8, 4) is 11.1 Å². The number of carbonyl (C=O) groups is 2. The first-order chi connectivity index (χ1) is 32.4. The van der Waals surface area contributed by atoms with Gasteiger partial charge in [-0.05, 0) is 142 Å². The van der Waals surface area contributed by atoms with Gasteiger partial charge >= 0.3 is 0 Å². The lowest BCUT2D eigenvalue weighted by Gasteiger charge is -2.44. The van der Waals surface area contributed by atoms with Crippen molar-refractivity contribution >= 4 is 48.0 Å². The number of hydrogen-bond donors (Lipinski definition) is 3. The van der Waals surface area contributed by atoms with Crippen molar-refractivity contribution in [3.05, 3.63) is 125 Å².